The van der Waals surface area contributed by atoms with E-state index in [-0.39, 0.29) is 5.91 Å². The Hall–Kier alpha value is -2.95. The second-order valence-corrected chi connectivity index (χ2v) is 9.87. The van der Waals surface area contributed by atoms with Gasteiger partial charge in [-0.15, -0.1) is 0 Å². The van der Waals surface area contributed by atoms with Gasteiger partial charge in [0.05, 0.1) is 5.69 Å². The molecule has 2 fully saturated rings. The van der Waals surface area contributed by atoms with Gasteiger partial charge in [-0.2, -0.15) is 0 Å². The van der Waals surface area contributed by atoms with E-state index < -0.39 is 0 Å². The molecular formula is C28H32N4O. The van der Waals surface area contributed by atoms with Crippen LogP contribution in [0.1, 0.15) is 72.7 Å². The smallest absolute Gasteiger partial charge is 0.290 e. The van der Waals surface area contributed by atoms with Gasteiger partial charge in [-0.3, -0.25) is 9.78 Å². The van der Waals surface area contributed by atoms with E-state index >= 15 is 0 Å². The fraction of sp³-hybridized carbons (Fsp3) is 0.464. The van der Waals surface area contributed by atoms with Crippen LogP contribution < -0.4 is 0 Å². The third kappa shape index (κ3) is 3.68. The van der Waals surface area contributed by atoms with E-state index in [4.69, 9.17) is 4.98 Å². The number of piperidine rings is 1. The van der Waals surface area contributed by atoms with Gasteiger partial charge in [-0.1, -0.05) is 49.2 Å². The zero-order valence-electron chi connectivity index (χ0n) is 19.2. The highest BCUT2D eigenvalue weighted by atomic mass is 16.2. The summed E-state index contributed by atoms with van der Waals surface area (Å²) >= 11 is 0. The second-order valence-electron chi connectivity index (χ2n) is 9.87. The molecule has 1 saturated heterocycles. The molecule has 5 nitrogen and oxygen atoms in total. The van der Waals surface area contributed by atoms with Crippen LogP contribution in [0.25, 0.3) is 11.4 Å². The Labute approximate surface area is 195 Å². The van der Waals surface area contributed by atoms with Crippen molar-refractivity contribution in [3.05, 3.63) is 71.8 Å². The lowest BCUT2D eigenvalue weighted by molar-refractivity contribution is 0.0303. The zero-order chi connectivity index (χ0) is 22.2. The molecular weight excluding hydrogens is 408 g/mol. The third-order valence-corrected chi connectivity index (χ3v) is 8.08. The van der Waals surface area contributed by atoms with Gasteiger partial charge in [0.1, 0.15) is 5.69 Å². The van der Waals surface area contributed by atoms with Crippen molar-refractivity contribution in [2.75, 3.05) is 6.54 Å². The molecule has 1 saturated carbocycles. The Morgan fingerprint density at radius 2 is 1.73 bits per heavy atom. The minimum absolute atomic E-state index is 0.128. The lowest BCUT2D eigenvalue weighted by atomic mass is 9.69. The van der Waals surface area contributed by atoms with Crippen LogP contribution in [0.4, 0.5) is 0 Å². The van der Waals surface area contributed by atoms with Gasteiger partial charge in [-0.05, 0) is 68.1 Å². The number of hydrogen-bond donors (Lipinski definition) is 0. The van der Waals surface area contributed by atoms with Gasteiger partial charge in [0.15, 0.2) is 5.82 Å². The van der Waals surface area contributed by atoms with Crippen molar-refractivity contribution in [2.45, 2.75) is 69.9 Å². The Morgan fingerprint density at radius 3 is 2.58 bits per heavy atom. The molecule has 2 aromatic heterocycles. The first-order chi connectivity index (χ1) is 16.3. The summed E-state index contributed by atoms with van der Waals surface area (Å²) in [4.78, 5) is 25.7. The Balaban J connectivity index is 1.34. The minimum Gasteiger partial charge on any atom is -0.333 e. The number of rotatable bonds is 3. The molecule has 170 valence electrons. The van der Waals surface area contributed by atoms with Crippen LogP contribution >= 0.6 is 0 Å². The third-order valence-electron chi connectivity index (χ3n) is 8.08. The Kier molecular flexibility index (Phi) is 5.49. The molecule has 3 unspecified atom stereocenters. The number of carbonyl (C=O) groups excluding carboxylic acids is 1. The normalized spacial score (nSPS) is 24.7. The number of carbonyl (C=O) groups is 1. The summed E-state index contributed by atoms with van der Waals surface area (Å²) in [7, 11) is 0. The predicted molar refractivity (Wildman–Crippen MR) is 129 cm³/mol. The fourth-order valence-electron chi connectivity index (χ4n) is 6.56. The van der Waals surface area contributed by atoms with E-state index in [0.717, 1.165) is 56.6 Å². The summed E-state index contributed by atoms with van der Waals surface area (Å²) < 4.78 is 2.21. The second kappa shape index (κ2) is 8.77. The van der Waals surface area contributed by atoms with Crippen molar-refractivity contribution >= 4 is 5.91 Å². The fourth-order valence-corrected chi connectivity index (χ4v) is 6.56. The van der Waals surface area contributed by atoms with Crippen LogP contribution in [0, 0.1) is 5.92 Å². The van der Waals surface area contributed by atoms with E-state index in [1.165, 1.54) is 30.5 Å². The molecule has 1 aromatic carbocycles. The van der Waals surface area contributed by atoms with Gasteiger partial charge in [-0.25, -0.2) is 4.98 Å². The Morgan fingerprint density at radius 1 is 0.879 bits per heavy atom. The molecule has 1 aliphatic carbocycles. The van der Waals surface area contributed by atoms with Gasteiger partial charge in [0, 0.05) is 31.0 Å². The zero-order valence-corrected chi connectivity index (χ0v) is 19.2. The highest BCUT2D eigenvalue weighted by Gasteiger charge is 2.43. The molecule has 3 aliphatic rings. The summed E-state index contributed by atoms with van der Waals surface area (Å²) in [5.41, 5.74) is 4.40. The lowest BCUT2D eigenvalue weighted by Crippen LogP contribution is -2.52. The van der Waals surface area contributed by atoms with E-state index in [1.54, 1.807) is 0 Å². The molecule has 33 heavy (non-hydrogen) atoms. The maximum Gasteiger partial charge on any atom is 0.290 e. The summed E-state index contributed by atoms with van der Waals surface area (Å²) in [5.74, 6) is 1.86. The number of imidazole rings is 1. The Bertz CT molecular complexity index is 1120. The maximum atomic E-state index is 14.0. The molecule has 0 radical (unpaired) electrons. The number of fused-ring (bicyclic) bond motifs is 2. The molecule has 3 aromatic rings. The molecule has 2 aliphatic heterocycles. The highest BCUT2D eigenvalue weighted by molar-refractivity contribution is 5.92. The summed E-state index contributed by atoms with van der Waals surface area (Å²) in [6.45, 7) is 1.70. The number of aromatic nitrogens is 3. The molecule has 0 spiro atoms. The van der Waals surface area contributed by atoms with Crippen LogP contribution in [-0.4, -0.2) is 37.9 Å². The SMILES string of the molecule is O=C(c1nc(-c2ccccn2)c2n1CCCC2)N1CCC(c2ccccc2)C2CCCCC21. The molecule has 5 heteroatoms. The van der Waals surface area contributed by atoms with Crippen LogP contribution in [-0.2, 0) is 13.0 Å². The number of amides is 1. The minimum atomic E-state index is 0.128. The average Bonchev–Trinajstić information content (AvgIpc) is 3.28. The number of hydrogen-bond acceptors (Lipinski definition) is 3. The quantitative estimate of drug-likeness (QED) is 0.543. The number of benzene rings is 1. The predicted octanol–water partition coefficient (Wildman–Crippen LogP) is 5.47. The van der Waals surface area contributed by atoms with Crippen molar-refractivity contribution < 1.29 is 4.79 Å². The molecule has 1 amide bonds. The average molecular weight is 441 g/mol. The molecule has 0 N–H and O–H groups in total. The lowest BCUT2D eigenvalue weighted by Gasteiger charge is -2.48. The number of pyridine rings is 1. The van der Waals surface area contributed by atoms with Crippen molar-refractivity contribution in [2.24, 2.45) is 5.92 Å². The first-order valence-electron chi connectivity index (χ1n) is 12.7. The molecule has 4 heterocycles. The van der Waals surface area contributed by atoms with Crippen LogP contribution in [0.5, 0.6) is 0 Å². The molecule has 3 atom stereocenters. The van der Waals surface area contributed by atoms with Crippen molar-refractivity contribution in [1.29, 1.82) is 0 Å². The maximum absolute atomic E-state index is 14.0. The highest BCUT2D eigenvalue weighted by Crippen LogP contribution is 2.44. The van der Waals surface area contributed by atoms with Gasteiger partial charge in [0.2, 0.25) is 0 Å². The van der Waals surface area contributed by atoms with Gasteiger partial charge < -0.3 is 9.47 Å². The standard InChI is InChI=1S/C28H32N4O/c33-28(27-30-26(23-13-6-8-17-29-23)25-15-7-9-18-31(25)27)32-19-16-21(20-10-2-1-3-11-20)22-12-4-5-14-24(22)32/h1-3,6,8,10-11,13,17,21-22,24H,4-5,7,9,12,14-16,18-19H2. The molecule has 0 bridgehead atoms. The van der Waals surface area contributed by atoms with E-state index in [2.05, 4.69) is 44.8 Å². The number of likely N-dealkylation sites (tertiary alicyclic amines) is 1. The van der Waals surface area contributed by atoms with Gasteiger partial charge in [0.25, 0.3) is 5.91 Å². The number of nitrogens with zero attached hydrogens (tertiary/aromatic N) is 4. The largest absolute Gasteiger partial charge is 0.333 e. The molecule has 6 rings (SSSR count). The van der Waals surface area contributed by atoms with Crippen LogP contribution in [0.15, 0.2) is 54.7 Å². The summed E-state index contributed by atoms with van der Waals surface area (Å²) in [6.07, 6.45) is 10.9. The van der Waals surface area contributed by atoms with Gasteiger partial charge >= 0.3 is 0 Å². The summed E-state index contributed by atoms with van der Waals surface area (Å²) in [5, 5.41) is 0. The summed E-state index contributed by atoms with van der Waals surface area (Å²) in [6, 6.07) is 17.2. The monoisotopic (exact) mass is 440 g/mol. The van der Waals surface area contributed by atoms with Crippen LogP contribution in [0.3, 0.4) is 0 Å². The van der Waals surface area contributed by atoms with Crippen LogP contribution in [0.2, 0.25) is 0 Å². The van der Waals surface area contributed by atoms with Crippen molar-refractivity contribution in [3.63, 3.8) is 0 Å². The first kappa shape index (κ1) is 20.6. The van der Waals surface area contributed by atoms with E-state index in [9.17, 15) is 4.79 Å². The van der Waals surface area contributed by atoms with E-state index in [1.807, 2.05) is 24.4 Å². The van der Waals surface area contributed by atoms with Crippen molar-refractivity contribution in [3.8, 4) is 11.4 Å². The topological polar surface area (TPSA) is 51.0 Å². The first-order valence-corrected chi connectivity index (χ1v) is 12.7. The van der Waals surface area contributed by atoms with Crippen molar-refractivity contribution in [1.82, 2.24) is 19.4 Å². The van der Waals surface area contributed by atoms with E-state index in [0.29, 0.717) is 23.7 Å².